The molecule has 0 aliphatic rings. The first-order chi connectivity index (χ1) is 11.7. The number of amides is 1. The van der Waals surface area contributed by atoms with Crippen molar-refractivity contribution < 1.29 is 18.0 Å². The Morgan fingerprint density at radius 1 is 1.08 bits per heavy atom. The van der Waals surface area contributed by atoms with E-state index in [0.29, 0.717) is 5.02 Å². The summed E-state index contributed by atoms with van der Waals surface area (Å²) in [7, 11) is 0. The Morgan fingerprint density at radius 2 is 1.76 bits per heavy atom. The van der Waals surface area contributed by atoms with E-state index >= 15 is 0 Å². The van der Waals surface area contributed by atoms with Crippen molar-refractivity contribution >= 4 is 23.2 Å². The van der Waals surface area contributed by atoms with Crippen molar-refractivity contribution in [3.63, 3.8) is 0 Å². The minimum atomic E-state index is -4.53. The van der Waals surface area contributed by atoms with Gasteiger partial charge in [-0.1, -0.05) is 35.9 Å². The number of halogens is 4. The molecule has 0 saturated carbocycles. The molecule has 25 heavy (non-hydrogen) atoms. The maximum atomic E-state index is 13.0. The fraction of sp³-hybridized carbons (Fsp3) is 0.278. The molecule has 0 heterocycles. The summed E-state index contributed by atoms with van der Waals surface area (Å²) in [6.45, 7) is 3.44. The van der Waals surface area contributed by atoms with Crippen LogP contribution in [0.15, 0.2) is 48.5 Å². The van der Waals surface area contributed by atoms with E-state index in [1.165, 1.54) is 18.2 Å². The van der Waals surface area contributed by atoms with Crippen LogP contribution in [0, 0.1) is 0 Å². The van der Waals surface area contributed by atoms with E-state index < -0.39 is 23.7 Å². The quantitative estimate of drug-likeness (QED) is 0.774. The van der Waals surface area contributed by atoms with Crippen LogP contribution in [0.4, 0.5) is 18.9 Å². The predicted octanol–water partition coefficient (Wildman–Crippen LogP) is 5.04. The normalized spacial score (nSPS) is 14.0. The molecule has 3 nitrogen and oxygen atoms in total. The van der Waals surface area contributed by atoms with Gasteiger partial charge in [-0.05, 0) is 43.7 Å². The fourth-order valence-corrected chi connectivity index (χ4v) is 2.60. The molecule has 2 atom stereocenters. The molecule has 0 saturated heterocycles. The van der Waals surface area contributed by atoms with Crippen molar-refractivity contribution in [2.75, 3.05) is 5.32 Å². The molecule has 0 bridgehead atoms. The predicted molar refractivity (Wildman–Crippen MR) is 92.5 cm³/mol. The Balaban J connectivity index is 2.06. The second-order valence-electron chi connectivity index (χ2n) is 5.70. The number of carbonyl (C=O) groups is 1. The molecule has 1 amide bonds. The van der Waals surface area contributed by atoms with Crippen molar-refractivity contribution in [3.05, 3.63) is 64.7 Å². The van der Waals surface area contributed by atoms with E-state index in [-0.39, 0.29) is 11.7 Å². The highest BCUT2D eigenvalue weighted by atomic mass is 35.5. The number of nitrogens with one attached hydrogen (secondary N) is 2. The lowest BCUT2D eigenvalue weighted by Gasteiger charge is -2.21. The van der Waals surface area contributed by atoms with Gasteiger partial charge in [0.05, 0.1) is 17.3 Å². The smallest absolute Gasteiger partial charge is 0.324 e. The first kappa shape index (κ1) is 19.3. The largest absolute Gasteiger partial charge is 0.418 e. The van der Waals surface area contributed by atoms with E-state index in [0.717, 1.165) is 11.6 Å². The molecule has 2 unspecified atom stereocenters. The first-order valence-corrected chi connectivity index (χ1v) is 8.05. The first-order valence-electron chi connectivity index (χ1n) is 7.67. The average Bonchev–Trinajstić information content (AvgIpc) is 2.54. The molecule has 0 spiro atoms. The van der Waals surface area contributed by atoms with Crippen LogP contribution in [0.1, 0.15) is 31.0 Å². The second kappa shape index (κ2) is 7.89. The third kappa shape index (κ3) is 5.21. The highest BCUT2D eigenvalue weighted by molar-refractivity contribution is 6.30. The Bertz CT molecular complexity index is 749. The number of rotatable bonds is 5. The number of benzene rings is 2. The van der Waals surface area contributed by atoms with Gasteiger partial charge in [-0.15, -0.1) is 0 Å². The molecule has 2 rings (SSSR count). The average molecular weight is 371 g/mol. The maximum absolute atomic E-state index is 13.0. The van der Waals surface area contributed by atoms with Gasteiger partial charge in [-0.3, -0.25) is 10.1 Å². The van der Waals surface area contributed by atoms with E-state index in [4.69, 9.17) is 11.6 Å². The van der Waals surface area contributed by atoms with Crippen LogP contribution in [0.2, 0.25) is 5.02 Å². The van der Waals surface area contributed by atoms with Crippen LogP contribution in [0.5, 0.6) is 0 Å². The monoisotopic (exact) mass is 370 g/mol. The molecule has 0 aliphatic carbocycles. The zero-order valence-electron chi connectivity index (χ0n) is 13.7. The molecular formula is C18H18ClF3N2O. The Kier molecular flexibility index (Phi) is 6.08. The maximum Gasteiger partial charge on any atom is 0.418 e. The lowest BCUT2D eigenvalue weighted by molar-refractivity contribution is -0.137. The van der Waals surface area contributed by atoms with E-state index in [9.17, 15) is 18.0 Å². The summed E-state index contributed by atoms with van der Waals surface area (Å²) in [5.41, 5.74) is -0.259. The molecule has 0 aliphatic heterocycles. The van der Waals surface area contributed by atoms with Crippen molar-refractivity contribution in [3.8, 4) is 0 Å². The van der Waals surface area contributed by atoms with Crippen molar-refractivity contribution in [1.82, 2.24) is 5.32 Å². The van der Waals surface area contributed by atoms with E-state index in [1.807, 2.05) is 13.0 Å². The molecule has 0 fully saturated rings. The number of hydrogen-bond donors (Lipinski definition) is 2. The highest BCUT2D eigenvalue weighted by Crippen LogP contribution is 2.34. The molecular weight excluding hydrogens is 353 g/mol. The van der Waals surface area contributed by atoms with E-state index in [1.54, 1.807) is 25.1 Å². The summed E-state index contributed by atoms with van der Waals surface area (Å²) in [6, 6.07) is 11.1. The van der Waals surface area contributed by atoms with Crippen molar-refractivity contribution in [2.24, 2.45) is 0 Å². The van der Waals surface area contributed by atoms with E-state index in [2.05, 4.69) is 10.6 Å². The lowest BCUT2D eigenvalue weighted by atomic mass is 10.1. The number of hydrogen-bond acceptors (Lipinski definition) is 2. The second-order valence-corrected chi connectivity index (χ2v) is 6.13. The molecule has 134 valence electrons. The summed E-state index contributed by atoms with van der Waals surface area (Å²) in [6.07, 6.45) is -4.53. The summed E-state index contributed by atoms with van der Waals surface area (Å²) in [5.74, 6) is -0.550. The van der Waals surface area contributed by atoms with Gasteiger partial charge in [0.1, 0.15) is 0 Å². The minimum absolute atomic E-state index is 0.197. The number of alkyl halides is 3. The van der Waals surface area contributed by atoms with Crippen molar-refractivity contribution in [2.45, 2.75) is 32.1 Å². The van der Waals surface area contributed by atoms with Gasteiger partial charge < -0.3 is 5.32 Å². The van der Waals surface area contributed by atoms with Gasteiger partial charge in [-0.25, -0.2) is 0 Å². The zero-order chi connectivity index (χ0) is 18.6. The summed E-state index contributed by atoms with van der Waals surface area (Å²) >= 11 is 5.94. The van der Waals surface area contributed by atoms with Gasteiger partial charge in [0.15, 0.2) is 0 Å². The summed E-state index contributed by atoms with van der Waals surface area (Å²) < 4.78 is 39.0. The SMILES string of the molecule is CC(NC(C)c1cccc(Cl)c1)C(=O)Nc1ccccc1C(F)(F)F. The third-order valence-corrected chi connectivity index (χ3v) is 3.97. The van der Waals surface area contributed by atoms with Gasteiger partial charge >= 0.3 is 6.18 Å². The van der Waals surface area contributed by atoms with Gasteiger partial charge in [-0.2, -0.15) is 13.2 Å². The van der Waals surface area contributed by atoms with Crippen LogP contribution in [-0.2, 0) is 11.0 Å². The Hall–Kier alpha value is -2.05. The van der Waals surface area contributed by atoms with Crippen LogP contribution in [0.25, 0.3) is 0 Å². The molecule has 2 aromatic carbocycles. The number of carbonyl (C=O) groups excluding carboxylic acids is 1. The Labute approximate surface area is 149 Å². The number of para-hydroxylation sites is 1. The lowest BCUT2D eigenvalue weighted by Crippen LogP contribution is -2.39. The summed E-state index contributed by atoms with van der Waals surface area (Å²) in [5, 5.41) is 5.96. The van der Waals surface area contributed by atoms with Crippen LogP contribution >= 0.6 is 11.6 Å². The molecule has 7 heteroatoms. The van der Waals surface area contributed by atoms with Gasteiger partial charge in [0.25, 0.3) is 0 Å². The topological polar surface area (TPSA) is 41.1 Å². The standard InChI is InChI=1S/C18H18ClF3N2O/c1-11(13-6-5-7-14(19)10-13)23-12(2)17(25)24-16-9-4-3-8-15(16)18(20,21)22/h3-12,23H,1-2H3,(H,24,25). The van der Waals surface area contributed by atoms with Gasteiger partial charge in [0, 0.05) is 11.1 Å². The van der Waals surface area contributed by atoms with Gasteiger partial charge in [0.2, 0.25) is 5.91 Å². The molecule has 0 radical (unpaired) electrons. The van der Waals surface area contributed by atoms with Crippen LogP contribution in [-0.4, -0.2) is 11.9 Å². The zero-order valence-corrected chi connectivity index (χ0v) is 14.4. The van der Waals surface area contributed by atoms with Crippen LogP contribution < -0.4 is 10.6 Å². The summed E-state index contributed by atoms with van der Waals surface area (Å²) in [4.78, 5) is 12.3. The highest BCUT2D eigenvalue weighted by Gasteiger charge is 2.33. The van der Waals surface area contributed by atoms with Crippen LogP contribution in [0.3, 0.4) is 0 Å². The fourth-order valence-electron chi connectivity index (χ4n) is 2.40. The molecule has 0 aromatic heterocycles. The third-order valence-electron chi connectivity index (χ3n) is 3.73. The molecule has 2 aromatic rings. The molecule has 2 N–H and O–H groups in total. The number of anilines is 1. The Morgan fingerprint density at radius 3 is 2.40 bits per heavy atom. The van der Waals surface area contributed by atoms with Crippen molar-refractivity contribution in [1.29, 1.82) is 0 Å². The minimum Gasteiger partial charge on any atom is -0.324 e.